The Bertz CT molecular complexity index is 1040. The van der Waals surface area contributed by atoms with Crippen LogP contribution in [0.1, 0.15) is 35.2 Å². The average Bonchev–Trinajstić information content (AvgIpc) is 2.70. The second kappa shape index (κ2) is 6.06. The minimum absolute atomic E-state index is 0.101. The number of nitro groups is 1. The molecule has 0 aromatic heterocycles. The third kappa shape index (κ3) is 2.51. The van der Waals surface area contributed by atoms with Crippen molar-refractivity contribution in [3.05, 3.63) is 106 Å². The lowest BCUT2D eigenvalue weighted by molar-refractivity contribution is -0.384. The minimum atomic E-state index is -0.360. The van der Waals surface area contributed by atoms with E-state index in [1.54, 1.807) is 12.1 Å². The molecule has 2 aliphatic rings. The predicted molar refractivity (Wildman–Crippen MR) is 104 cm³/mol. The maximum absolute atomic E-state index is 10.9. The summed E-state index contributed by atoms with van der Waals surface area (Å²) in [5.74, 6) is 1.07. The molecule has 0 radical (unpaired) electrons. The van der Waals surface area contributed by atoms with Crippen LogP contribution in [0, 0.1) is 10.1 Å². The molecule has 132 valence electrons. The maximum Gasteiger partial charge on any atom is 0.269 e. The fraction of sp³-hybridized carbons (Fsp3) is 0.136. The Hall–Kier alpha value is -3.47. The van der Waals surface area contributed by atoms with Crippen molar-refractivity contribution < 1.29 is 4.92 Å². The molecule has 0 bridgehead atoms. The highest BCUT2D eigenvalue weighted by atomic mass is 16.6. The summed E-state index contributed by atoms with van der Waals surface area (Å²) in [7, 11) is 0. The highest BCUT2D eigenvalue weighted by Gasteiger charge is 2.44. The summed E-state index contributed by atoms with van der Waals surface area (Å²) in [5, 5.41) is 10.9. The summed E-state index contributed by atoms with van der Waals surface area (Å²) >= 11 is 0. The van der Waals surface area contributed by atoms with Crippen LogP contribution in [0.3, 0.4) is 0 Å². The van der Waals surface area contributed by atoms with Crippen molar-refractivity contribution in [3.63, 3.8) is 0 Å². The Kier molecular flexibility index (Phi) is 3.53. The minimum Gasteiger partial charge on any atom is -0.341 e. The van der Waals surface area contributed by atoms with Crippen molar-refractivity contribution >= 4 is 17.2 Å². The van der Waals surface area contributed by atoms with Gasteiger partial charge in [-0.3, -0.25) is 10.1 Å². The number of rotatable bonds is 3. The van der Waals surface area contributed by atoms with E-state index >= 15 is 0 Å². The van der Waals surface area contributed by atoms with Crippen molar-refractivity contribution in [2.45, 2.75) is 18.5 Å². The van der Waals surface area contributed by atoms with Crippen molar-refractivity contribution in [2.75, 3.05) is 0 Å². The second-order valence-corrected chi connectivity index (χ2v) is 6.88. The summed E-state index contributed by atoms with van der Waals surface area (Å²) in [6, 6.07) is 25.9. The summed E-state index contributed by atoms with van der Waals surface area (Å²) < 4.78 is 0. The smallest absolute Gasteiger partial charge is 0.269 e. The third-order valence-electron chi connectivity index (χ3n) is 5.37. The highest BCUT2D eigenvalue weighted by molar-refractivity contribution is 5.94. The van der Waals surface area contributed by atoms with E-state index in [1.807, 2.05) is 24.3 Å². The Labute approximate surface area is 156 Å². The van der Waals surface area contributed by atoms with Gasteiger partial charge in [-0.25, -0.2) is 4.99 Å². The van der Waals surface area contributed by atoms with E-state index in [0.717, 1.165) is 23.5 Å². The van der Waals surface area contributed by atoms with Crippen LogP contribution in [0.4, 0.5) is 11.4 Å². The van der Waals surface area contributed by atoms with Gasteiger partial charge in [0.1, 0.15) is 5.84 Å². The number of amidine groups is 1. The number of non-ortho nitro benzene ring substituents is 1. The molecule has 5 nitrogen and oxygen atoms in total. The number of nitrogens with zero attached hydrogens (tertiary/aromatic N) is 3. The number of para-hydroxylation sites is 1. The van der Waals surface area contributed by atoms with E-state index in [1.165, 1.54) is 11.1 Å². The first-order valence-electron chi connectivity index (χ1n) is 8.96. The standard InChI is InChI=1S/C22H17N3O2/c26-25(27)17-12-10-15(11-13-17)20-14-21-23-19-9-5-4-8-18(19)22(24(20)21)16-6-2-1-3-7-16/h1-13,20,22H,14H2/t20-,22+/m1/s1. The third-order valence-corrected chi connectivity index (χ3v) is 5.37. The molecule has 27 heavy (non-hydrogen) atoms. The van der Waals surface area contributed by atoms with Gasteiger partial charge in [0.2, 0.25) is 0 Å². The molecule has 5 rings (SSSR count). The lowest BCUT2D eigenvalue weighted by atomic mass is 9.84. The first-order valence-corrected chi connectivity index (χ1v) is 8.96. The van der Waals surface area contributed by atoms with E-state index < -0.39 is 0 Å². The number of nitro benzene ring substituents is 1. The van der Waals surface area contributed by atoms with Crippen LogP contribution in [-0.2, 0) is 0 Å². The maximum atomic E-state index is 10.9. The normalized spacial score (nSPS) is 20.1. The fourth-order valence-corrected chi connectivity index (χ4v) is 4.06. The summed E-state index contributed by atoms with van der Waals surface area (Å²) in [6.07, 6.45) is 0.843. The van der Waals surface area contributed by atoms with Gasteiger partial charge in [-0.05, 0) is 17.2 Å². The van der Waals surface area contributed by atoms with Crippen LogP contribution in [0.15, 0.2) is 83.9 Å². The van der Waals surface area contributed by atoms with E-state index in [4.69, 9.17) is 4.99 Å². The molecule has 2 heterocycles. The Morgan fingerprint density at radius 2 is 1.59 bits per heavy atom. The first-order chi connectivity index (χ1) is 13.2. The Morgan fingerprint density at radius 3 is 2.33 bits per heavy atom. The van der Waals surface area contributed by atoms with Crippen molar-refractivity contribution in [1.82, 2.24) is 4.90 Å². The number of fused-ring (bicyclic) bond motifs is 2. The van der Waals surface area contributed by atoms with Gasteiger partial charge in [0.05, 0.1) is 22.7 Å². The van der Waals surface area contributed by atoms with Gasteiger partial charge in [0.15, 0.2) is 0 Å². The quantitative estimate of drug-likeness (QED) is 0.481. The Balaban J connectivity index is 1.57. The average molecular weight is 355 g/mol. The van der Waals surface area contributed by atoms with Gasteiger partial charge < -0.3 is 4.90 Å². The molecule has 5 heteroatoms. The van der Waals surface area contributed by atoms with Crippen LogP contribution in [0.2, 0.25) is 0 Å². The lowest BCUT2D eigenvalue weighted by Crippen LogP contribution is -2.50. The lowest BCUT2D eigenvalue weighted by Gasteiger charge is -2.51. The SMILES string of the molecule is O=[N+]([O-])c1ccc([C@H]2CC3=Nc4ccccc4[C@H](c4ccccc4)N32)cc1. The number of hydrogen-bond donors (Lipinski definition) is 0. The number of aliphatic imine (C=N–C) groups is 1. The van der Waals surface area contributed by atoms with Crippen molar-refractivity contribution in [3.8, 4) is 0 Å². The van der Waals surface area contributed by atoms with E-state index in [-0.39, 0.29) is 22.7 Å². The molecular weight excluding hydrogens is 338 g/mol. The molecule has 1 fully saturated rings. The fourth-order valence-electron chi connectivity index (χ4n) is 4.06. The predicted octanol–water partition coefficient (Wildman–Crippen LogP) is 5.17. The molecule has 2 atom stereocenters. The molecule has 0 saturated carbocycles. The second-order valence-electron chi connectivity index (χ2n) is 6.88. The van der Waals surface area contributed by atoms with Gasteiger partial charge >= 0.3 is 0 Å². The van der Waals surface area contributed by atoms with Crippen LogP contribution >= 0.6 is 0 Å². The molecule has 0 unspecified atom stereocenters. The van der Waals surface area contributed by atoms with Gasteiger partial charge in [-0.1, -0.05) is 60.7 Å². The van der Waals surface area contributed by atoms with Gasteiger partial charge in [-0.2, -0.15) is 0 Å². The van der Waals surface area contributed by atoms with Crippen LogP contribution in [0.25, 0.3) is 0 Å². The van der Waals surface area contributed by atoms with Gasteiger partial charge in [0.25, 0.3) is 5.69 Å². The zero-order chi connectivity index (χ0) is 18.4. The molecule has 0 amide bonds. The zero-order valence-corrected chi connectivity index (χ0v) is 14.5. The first kappa shape index (κ1) is 15.8. The van der Waals surface area contributed by atoms with Gasteiger partial charge in [-0.15, -0.1) is 0 Å². The molecule has 0 N–H and O–H groups in total. The number of hydrogen-bond acceptors (Lipinski definition) is 4. The largest absolute Gasteiger partial charge is 0.341 e. The van der Waals surface area contributed by atoms with Crippen molar-refractivity contribution in [2.24, 2.45) is 4.99 Å². The van der Waals surface area contributed by atoms with Gasteiger partial charge in [0, 0.05) is 24.1 Å². The highest BCUT2D eigenvalue weighted by Crippen LogP contribution is 2.50. The molecule has 3 aromatic carbocycles. The molecule has 2 aliphatic heterocycles. The molecule has 0 spiro atoms. The van der Waals surface area contributed by atoms with E-state index in [9.17, 15) is 10.1 Å². The topological polar surface area (TPSA) is 58.7 Å². The Morgan fingerprint density at radius 1 is 0.889 bits per heavy atom. The molecular formula is C22H17N3O2. The zero-order valence-electron chi connectivity index (χ0n) is 14.5. The van der Waals surface area contributed by atoms with E-state index in [0.29, 0.717) is 0 Å². The van der Waals surface area contributed by atoms with Crippen molar-refractivity contribution in [1.29, 1.82) is 0 Å². The molecule has 1 saturated heterocycles. The number of benzene rings is 3. The monoisotopic (exact) mass is 355 g/mol. The summed E-state index contributed by atoms with van der Waals surface area (Å²) in [4.78, 5) is 17.8. The van der Waals surface area contributed by atoms with Crippen LogP contribution in [-0.4, -0.2) is 15.7 Å². The summed E-state index contributed by atoms with van der Waals surface area (Å²) in [5.41, 5.74) is 4.65. The molecule has 0 aliphatic carbocycles. The van der Waals surface area contributed by atoms with Crippen LogP contribution in [0.5, 0.6) is 0 Å². The van der Waals surface area contributed by atoms with Crippen LogP contribution < -0.4 is 0 Å². The van der Waals surface area contributed by atoms with E-state index in [2.05, 4.69) is 47.4 Å². The molecule has 3 aromatic rings. The summed E-state index contributed by atoms with van der Waals surface area (Å²) in [6.45, 7) is 0.